The topological polar surface area (TPSA) is 366 Å². The van der Waals surface area contributed by atoms with Gasteiger partial charge in [0.1, 0.15) is 30.2 Å². The van der Waals surface area contributed by atoms with Crippen molar-refractivity contribution >= 4 is 70.9 Å². The average molecular weight is 1110 g/mol. The molecule has 7 atom stereocenters. The quantitative estimate of drug-likeness (QED) is 0.0409. The summed E-state index contributed by atoms with van der Waals surface area (Å²) in [5.41, 5.74) is 2.13. The first kappa shape index (κ1) is 61.4. The molecule has 0 aromatic heterocycles. The van der Waals surface area contributed by atoms with Crippen LogP contribution < -0.4 is 36.8 Å². The minimum atomic E-state index is -1.53. The number of carboxylic acids is 3. The van der Waals surface area contributed by atoms with Gasteiger partial charge in [-0.1, -0.05) is 38.5 Å². The molecule has 1 aromatic carbocycles. The third-order valence-corrected chi connectivity index (χ3v) is 15.3. The highest BCUT2D eigenvalue weighted by Crippen LogP contribution is 2.39. The number of rotatable bonds is 26. The predicted octanol–water partition coefficient (Wildman–Crippen LogP) is -3.18. The van der Waals surface area contributed by atoms with Crippen molar-refractivity contribution in [2.24, 2.45) is 11.8 Å². The van der Waals surface area contributed by atoms with Crippen LogP contribution in [0.3, 0.4) is 0 Å². The van der Waals surface area contributed by atoms with E-state index in [4.69, 9.17) is 4.74 Å². The van der Waals surface area contributed by atoms with Gasteiger partial charge in [0.25, 0.3) is 0 Å². The van der Waals surface area contributed by atoms with E-state index in [1.54, 1.807) is 6.92 Å². The summed E-state index contributed by atoms with van der Waals surface area (Å²) >= 11 is 0. The van der Waals surface area contributed by atoms with E-state index in [1.807, 2.05) is 39.8 Å². The molecule has 10 N–H and O–H groups in total. The fourth-order valence-corrected chi connectivity index (χ4v) is 10.7. The lowest BCUT2D eigenvalue weighted by atomic mass is 9.96. The van der Waals surface area contributed by atoms with Gasteiger partial charge in [-0.3, -0.25) is 72.3 Å². The summed E-state index contributed by atoms with van der Waals surface area (Å²) in [6, 6.07) is 0.103. The van der Waals surface area contributed by atoms with Crippen LogP contribution in [-0.2, 0) is 70.3 Å². The molecule has 0 unspecified atom stereocenters. The van der Waals surface area contributed by atoms with Crippen LogP contribution in [0.25, 0.3) is 0 Å². The number of nitrogens with zero attached hydrogens (tertiary/aromatic N) is 5. The fraction of sp³-hybridized carbons (Fsp3) is 0.673. The van der Waals surface area contributed by atoms with Gasteiger partial charge in [0, 0.05) is 84.6 Å². The molecule has 79 heavy (non-hydrogen) atoms. The Balaban J connectivity index is 0.916. The van der Waals surface area contributed by atoms with Crippen LogP contribution in [0.5, 0.6) is 0 Å². The number of para-hydroxylation sites is 1. The number of piperidine rings is 1. The van der Waals surface area contributed by atoms with Gasteiger partial charge in [-0.15, -0.1) is 0 Å². The van der Waals surface area contributed by atoms with Crippen LogP contribution in [0.1, 0.15) is 82.8 Å². The first-order valence-electron chi connectivity index (χ1n) is 27.3. The summed E-state index contributed by atoms with van der Waals surface area (Å²) < 4.78 is 4.76. The number of aliphatic hydroxyl groups excluding tert-OH is 1. The molecule has 3 saturated heterocycles. The number of anilines is 1. The summed E-state index contributed by atoms with van der Waals surface area (Å²) in [6.45, 7) is 8.08. The molecule has 1 aromatic rings. The molecule has 5 aliphatic heterocycles. The Morgan fingerprint density at radius 2 is 1.28 bits per heavy atom. The van der Waals surface area contributed by atoms with E-state index >= 15 is 0 Å². The molecule has 6 rings (SSSR count). The first-order valence-corrected chi connectivity index (χ1v) is 27.3. The lowest BCUT2D eigenvalue weighted by molar-refractivity contribution is -0.155. The van der Waals surface area contributed by atoms with Crippen LogP contribution >= 0.6 is 0 Å². The van der Waals surface area contributed by atoms with Gasteiger partial charge in [0.15, 0.2) is 0 Å². The number of cyclic esters (lactones) is 1. The van der Waals surface area contributed by atoms with Crippen LogP contribution in [0.15, 0.2) is 18.2 Å². The summed E-state index contributed by atoms with van der Waals surface area (Å²) in [5.74, 6) is -7.85. The smallest absolute Gasteiger partial charge is 0.317 e. The maximum atomic E-state index is 14.3. The molecule has 27 nitrogen and oxygen atoms in total. The van der Waals surface area contributed by atoms with Crippen LogP contribution in [0.4, 0.5) is 5.69 Å². The van der Waals surface area contributed by atoms with Crippen LogP contribution in [-0.4, -0.2) is 233 Å². The normalized spacial score (nSPS) is 22.5. The van der Waals surface area contributed by atoms with Gasteiger partial charge < -0.3 is 62.0 Å². The van der Waals surface area contributed by atoms with E-state index < -0.39 is 108 Å². The molecule has 3 fully saturated rings. The number of carboxylic acid groups (broad SMARTS) is 3. The number of esters is 1. The van der Waals surface area contributed by atoms with Gasteiger partial charge in [-0.05, 0) is 68.2 Å². The van der Waals surface area contributed by atoms with Gasteiger partial charge in [-0.25, -0.2) is 0 Å². The van der Waals surface area contributed by atoms with Crippen molar-refractivity contribution in [1.29, 1.82) is 0 Å². The maximum Gasteiger partial charge on any atom is 0.317 e. The number of hydrogen-bond donors (Lipinski definition) is 10. The molecule has 0 aliphatic carbocycles. The van der Waals surface area contributed by atoms with E-state index in [0.717, 1.165) is 30.5 Å². The number of hydrogen-bond acceptors (Lipinski definition) is 17. The van der Waals surface area contributed by atoms with Crippen molar-refractivity contribution in [2.45, 2.75) is 121 Å². The number of ether oxygens (including phenoxy) is 1. The number of nitrogens with one attached hydrogen (secondary N) is 6. The number of benzene rings is 1. The van der Waals surface area contributed by atoms with Gasteiger partial charge in [0.05, 0.1) is 31.7 Å². The van der Waals surface area contributed by atoms with Gasteiger partial charge in [-0.2, -0.15) is 0 Å². The average Bonchev–Trinajstić information content (AvgIpc) is 4.19. The van der Waals surface area contributed by atoms with Crippen LogP contribution in [0.2, 0.25) is 0 Å². The Bertz CT molecular complexity index is 2380. The van der Waals surface area contributed by atoms with E-state index in [2.05, 4.69) is 36.8 Å². The van der Waals surface area contributed by atoms with E-state index in [1.165, 1.54) is 4.90 Å². The number of aliphatic hydroxyl groups is 1. The molecule has 5 heterocycles. The molecule has 27 heteroatoms. The zero-order valence-electron chi connectivity index (χ0n) is 45.0. The second kappa shape index (κ2) is 29.4. The minimum Gasteiger partial charge on any atom is -0.481 e. The number of carbonyl (C=O) groups excluding carboxylic acids is 8. The summed E-state index contributed by atoms with van der Waals surface area (Å²) in [4.78, 5) is 150. The van der Waals surface area contributed by atoms with Crippen molar-refractivity contribution in [2.75, 3.05) is 96.5 Å². The molecular formula is C52H77N11O16. The number of amides is 7. The Labute approximate surface area is 457 Å². The number of likely N-dealkylation sites (tertiary alicyclic amines) is 1. The molecule has 5 aliphatic rings. The van der Waals surface area contributed by atoms with E-state index in [0.29, 0.717) is 70.9 Å². The van der Waals surface area contributed by atoms with Gasteiger partial charge >= 0.3 is 23.9 Å². The zero-order valence-corrected chi connectivity index (χ0v) is 45.0. The molecule has 7 amide bonds. The number of aliphatic carboxylic acids is 3. The lowest BCUT2D eigenvalue weighted by Crippen LogP contribution is -2.59. The number of carbonyl (C=O) groups is 11. The zero-order chi connectivity index (χ0) is 57.3. The second-order valence-electron chi connectivity index (χ2n) is 21.1. The highest BCUT2D eigenvalue weighted by Gasteiger charge is 2.46. The lowest BCUT2D eigenvalue weighted by Gasteiger charge is -2.35. The van der Waals surface area contributed by atoms with E-state index in [9.17, 15) is 73.2 Å². The predicted molar refractivity (Wildman–Crippen MR) is 280 cm³/mol. The van der Waals surface area contributed by atoms with Crippen molar-refractivity contribution in [3.63, 3.8) is 0 Å². The molecule has 436 valence electrons. The Morgan fingerprint density at radius 3 is 1.89 bits per heavy atom. The second-order valence-corrected chi connectivity index (χ2v) is 21.1. The molecule has 0 radical (unpaired) electrons. The van der Waals surface area contributed by atoms with E-state index in [-0.39, 0.29) is 83.1 Å². The Morgan fingerprint density at radius 1 is 0.671 bits per heavy atom. The highest BCUT2D eigenvalue weighted by atomic mass is 16.6. The van der Waals surface area contributed by atoms with Crippen molar-refractivity contribution in [1.82, 2.24) is 51.5 Å². The van der Waals surface area contributed by atoms with Crippen molar-refractivity contribution in [3.05, 3.63) is 29.3 Å². The molecule has 0 spiro atoms. The Kier molecular flexibility index (Phi) is 22.9. The summed E-state index contributed by atoms with van der Waals surface area (Å²) in [7, 11) is 0. The SMILES string of the molecule is CC[C@H](C)[C@H](NC(=O)CCNC(=O)CCNC(=O)[C@@H](CCC(=O)O)NC(=O)CN1CCC(CN2CCN(CC(=O)O)CCN(CC(=O)O)CC2)CC1)C(=O)N[C@H]1CCc2cccc3c2N(C1=O)[C@H](C(=O)N[C@H]1CC(=O)O[C@@H]1O)C3. The highest BCUT2D eigenvalue weighted by molar-refractivity contribution is 6.08. The maximum absolute atomic E-state index is 14.3. The molecule has 0 saturated carbocycles. The first-order chi connectivity index (χ1) is 37.7. The minimum absolute atomic E-state index is 0.0338. The molecular weight excluding hydrogens is 1030 g/mol. The van der Waals surface area contributed by atoms with Crippen molar-refractivity contribution < 1.29 is 77.9 Å². The largest absolute Gasteiger partial charge is 0.481 e. The Hall–Kier alpha value is -6.81. The molecule has 0 bridgehead atoms. The monoisotopic (exact) mass is 1110 g/mol. The summed E-state index contributed by atoms with van der Waals surface area (Å²) in [5, 5.41) is 54.2. The van der Waals surface area contributed by atoms with Crippen molar-refractivity contribution in [3.8, 4) is 0 Å². The fourth-order valence-electron chi connectivity index (χ4n) is 10.7. The standard InChI is InChI=1S/C52H77N11O16/c1-3-31(2)46(50(76)56-36-8-7-33-5-4-6-34-25-38(63(47(33)34)51(36)77)49(75)57-37-26-45(73)79-52(37)78)58-40(65)12-15-53-39(64)11-16-54-48(74)35(9-10-42(67)68)55-41(66)28-59-17-13-32(14-18-59)27-60-19-21-61(29-43(69)70)23-24-62(22-20-60)30-44(71)72/h4-6,31-32,35-38,46,52,78H,3,7-30H2,1-2H3,(H,53,64)(H,54,74)(H,55,66)(H,56,76)(H,57,75)(H,58,65)(H,67,68)(H,69,70)(H,71,72)/t31-,35+,36-,37-,38-,46-,52-/m0/s1. The third kappa shape index (κ3) is 18.4. The van der Waals surface area contributed by atoms with Gasteiger partial charge in [0.2, 0.25) is 47.6 Å². The summed E-state index contributed by atoms with van der Waals surface area (Å²) in [6.07, 6.45) is -0.0619. The van der Waals surface area contributed by atoms with Crippen LogP contribution in [0, 0.1) is 11.8 Å². The third-order valence-electron chi connectivity index (χ3n) is 15.3. The number of aryl methyl sites for hydroxylation is 1.